The summed E-state index contributed by atoms with van der Waals surface area (Å²) in [5.74, 6) is 0.213. The van der Waals surface area contributed by atoms with Gasteiger partial charge < -0.3 is 5.11 Å². The molecular formula is C11H14BrNO. The van der Waals surface area contributed by atoms with Gasteiger partial charge in [0.15, 0.2) is 0 Å². The van der Waals surface area contributed by atoms with Crippen molar-refractivity contribution in [1.82, 2.24) is 4.98 Å². The van der Waals surface area contributed by atoms with Crippen molar-refractivity contribution >= 4 is 15.9 Å². The van der Waals surface area contributed by atoms with Crippen molar-refractivity contribution in [3.05, 3.63) is 28.0 Å². The molecule has 0 fully saturated rings. The Bertz CT molecular complexity index is 364. The summed E-state index contributed by atoms with van der Waals surface area (Å²) < 4.78 is 0.803. The molecule has 0 saturated carbocycles. The monoisotopic (exact) mass is 255 g/mol. The van der Waals surface area contributed by atoms with Crippen molar-refractivity contribution in [3.8, 4) is 0 Å². The minimum atomic E-state index is -0.723. The van der Waals surface area contributed by atoms with Gasteiger partial charge in [0.2, 0.25) is 0 Å². The number of fused-ring (bicyclic) bond motifs is 1. The summed E-state index contributed by atoms with van der Waals surface area (Å²) >= 11 is 3.34. The average Bonchev–Trinajstić information content (AvgIpc) is 2.46. The Labute approximate surface area is 92.5 Å². The fourth-order valence-electron chi connectivity index (χ4n) is 2.05. The Hall–Kier alpha value is -0.410. The lowest BCUT2D eigenvalue weighted by Crippen LogP contribution is -2.30. The van der Waals surface area contributed by atoms with E-state index in [1.807, 2.05) is 26.0 Å². The van der Waals surface area contributed by atoms with E-state index in [0.717, 1.165) is 23.1 Å². The molecule has 0 bridgehead atoms. The van der Waals surface area contributed by atoms with Crippen LogP contribution < -0.4 is 0 Å². The Morgan fingerprint density at radius 2 is 2.21 bits per heavy atom. The molecule has 2 nitrogen and oxygen atoms in total. The van der Waals surface area contributed by atoms with Crippen molar-refractivity contribution in [2.75, 3.05) is 0 Å². The molecular weight excluding hydrogens is 242 g/mol. The summed E-state index contributed by atoms with van der Waals surface area (Å²) in [6.07, 6.45) is 1.73. The van der Waals surface area contributed by atoms with E-state index in [4.69, 9.17) is 0 Å². The van der Waals surface area contributed by atoms with Gasteiger partial charge >= 0.3 is 0 Å². The Balaban J connectivity index is 2.52. The van der Waals surface area contributed by atoms with Crippen LogP contribution in [-0.4, -0.2) is 10.1 Å². The number of aliphatic hydroxyl groups is 1. The zero-order chi connectivity index (χ0) is 10.3. The number of pyridine rings is 1. The van der Waals surface area contributed by atoms with Crippen molar-refractivity contribution in [2.24, 2.45) is 5.92 Å². The maximum absolute atomic E-state index is 10.5. The highest BCUT2D eigenvalue weighted by Crippen LogP contribution is 2.41. The fourth-order valence-corrected chi connectivity index (χ4v) is 2.36. The first-order chi connectivity index (χ1) is 6.54. The van der Waals surface area contributed by atoms with E-state index >= 15 is 0 Å². The molecule has 1 unspecified atom stereocenters. The molecule has 1 aliphatic carbocycles. The van der Waals surface area contributed by atoms with Crippen LogP contribution >= 0.6 is 15.9 Å². The van der Waals surface area contributed by atoms with Crippen LogP contribution in [0.1, 0.15) is 31.5 Å². The Kier molecular flexibility index (Phi) is 2.40. The molecule has 1 aromatic heterocycles. The normalized spacial score (nSPS) is 25.5. The highest BCUT2D eigenvalue weighted by molar-refractivity contribution is 9.10. The second-order valence-electron chi connectivity index (χ2n) is 4.22. The van der Waals surface area contributed by atoms with E-state index in [9.17, 15) is 5.11 Å². The molecule has 1 N–H and O–H groups in total. The molecule has 0 saturated heterocycles. The third-order valence-electron chi connectivity index (χ3n) is 3.09. The van der Waals surface area contributed by atoms with Crippen LogP contribution in [0, 0.1) is 5.92 Å². The molecule has 1 atom stereocenters. The zero-order valence-corrected chi connectivity index (χ0v) is 10.0. The van der Waals surface area contributed by atoms with Crippen LogP contribution in [-0.2, 0) is 12.0 Å². The molecule has 0 spiro atoms. The number of halogens is 1. The zero-order valence-electron chi connectivity index (χ0n) is 8.42. The minimum absolute atomic E-state index is 0.213. The second kappa shape index (κ2) is 3.31. The molecule has 0 aromatic carbocycles. The molecule has 1 aromatic rings. The summed E-state index contributed by atoms with van der Waals surface area (Å²) in [5.41, 5.74) is 1.32. The molecule has 14 heavy (non-hydrogen) atoms. The van der Waals surface area contributed by atoms with Crippen LogP contribution in [0.3, 0.4) is 0 Å². The summed E-state index contributed by atoms with van der Waals surface area (Å²) in [7, 11) is 0. The Morgan fingerprint density at radius 1 is 1.50 bits per heavy atom. The number of aryl methyl sites for hydroxylation is 1. The lowest BCUT2D eigenvalue weighted by molar-refractivity contribution is -0.0120. The van der Waals surface area contributed by atoms with Crippen LogP contribution in [0.25, 0.3) is 0 Å². The molecule has 2 rings (SSSR count). The van der Waals surface area contributed by atoms with Crippen LogP contribution in [0.2, 0.25) is 0 Å². The highest BCUT2D eigenvalue weighted by atomic mass is 79.9. The summed E-state index contributed by atoms with van der Waals surface area (Å²) in [5, 5.41) is 10.5. The van der Waals surface area contributed by atoms with Crippen molar-refractivity contribution < 1.29 is 5.11 Å². The lowest BCUT2D eigenvalue weighted by atomic mass is 9.88. The number of aromatic nitrogens is 1. The smallest absolute Gasteiger partial charge is 0.109 e. The number of hydrogen-bond acceptors (Lipinski definition) is 2. The van der Waals surface area contributed by atoms with Gasteiger partial charge in [-0.1, -0.05) is 19.9 Å². The number of rotatable bonds is 1. The minimum Gasteiger partial charge on any atom is -0.383 e. The molecule has 1 heterocycles. The predicted molar refractivity (Wildman–Crippen MR) is 59.0 cm³/mol. The van der Waals surface area contributed by atoms with E-state index in [1.165, 1.54) is 5.56 Å². The van der Waals surface area contributed by atoms with Crippen molar-refractivity contribution in [3.63, 3.8) is 0 Å². The van der Waals surface area contributed by atoms with E-state index in [1.54, 1.807) is 0 Å². The van der Waals surface area contributed by atoms with Gasteiger partial charge in [-0.25, -0.2) is 4.98 Å². The summed E-state index contributed by atoms with van der Waals surface area (Å²) in [4.78, 5) is 4.39. The van der Waals surface area contributed by atoms with E-state index in [2.05, 4.69) is 20.9 Å². The first kappa shape index (κ1) is 10.1. The van der Waals surface area contributed by atoms with Gasteiger partial charge in [0.1, 0.15) is 10.2 Å². The molecule has 0 radical (unpaired) electrons. The van der Waals surface area contributed by atoms with Crippen LogP contribution in [0.5, 0.6) is 0 Å². The summed E-state index contributed by atoms with van der Waals surface area (Å²) in [6.45, 7) is 4.08. The molecule has 0 amide bonds. The van der Waals surface area contributed by atoms with Crippen LogP contribution in [0.4, 0.5) is 0 Å². The van der Waals surface area contributed by atoms with Gasteiger partial charge in [0.25, 0.3) is 0 Å². The van der Waals surface area contributed by atoms with Crippen LogP contribution in [0.15, 0.2) is 16.7 Å². The third-order valence-corrected chi connectivity index (χ3v) is 3.53. The number of nitrogens with zero attached hydrogens (tertiary/aromatic N) is 1. The predicted octanol–water partition coefficient (Wildman–Crippen LogP) is 2.63. The van der Waals surface area contributed by atoms with Gasteiger partial charge in [-0.05, 0) is 46.3 Å². The first-order valence-electron chi connectivity index (χ1n) is 4.92. The van der Waals surface area contributed by atoms with Crippen molar-refractivity contribution in [2.45, 2.75) is 32.3 Å². The van der Waals surface area contributed by atoms with Gasteiger partial charge in [-0.2, -0.15) is 0 Å². The molecule has 3 heteroatoms. The third kappa shape index (κ3) is 1.39. The topological polar surface area (TPSA) is 33.1 Å². The van der Waals surface area contributed by atoms with Gasteiger partial charge in [-0.15, -0.1) is 0 Å². The molecule has 0 aliphatic heterocycles. The maximum atomic E-state index is 10.5. The largest absolute Gasteiger partial charge is 0.383 e. The standard InChI is InChI=1S/C11H14BrNO/c1-7(2)11(14)6-5-8-3-4-9(12)13-10(8)11/h3-4,7,14H,5-6H2,1-2H3. The average molecular weight is 256 g/mol. The lowest BCUT2D eigenvalue weighted by Gasteiger charge is -2.27. The quantitative estimate of drug-likeness (QED) is 0.783. The van der Waals surface area contributed by atoms with E-state index < -0.39 is 5.60 Å². The first-order valence-corrected chi connectivity index (χ1v) is 5.71. The van der Waals surface area contributed by atoms with E-state index in [-0.39, 0.29) is 5.92 Å². The van der Waals surface area contributed by atoms with Gasteiger partial charge in [0, 0.05) is 0 Å². The Morgan fingerprint density at radius 3 is 2.86 bits per heavy atom. The van der Waals surface area contributed by atoms with Gasteiger partial charge in [-0.3, -0.25) is 0 Å². The molecule has 1 aliphatic rings. The second-order valence-corrected chi connectivity index (χ2v) is 5.03. The summed E-state index contributed by atoms with van der Waals surface area (Å²) in [6, 6.07) is 3.98. The highest BCUT2D eigenvalue weighted by Gasteiger charge is 2.40. The van der Waals surface area contributed by atoms with E-state index in [0.29, 0.717) is 0 Å². The van der Waals surface area contributed by atoms with Crippen molar-refractivity contribution in [1.29, 1.82) is 0 Å². The SMILES string of the molecule is CC(C)C1(O)CCc2ccc(Br)nc21. The fraction of sp³-hybridized carbons (Fsp3) is 0.545. The number of hydrogen-bond donors (Lipinski definition) is 1. The van der Waals surface area contributed by atoms with Gasteiger partial charge in [0.05, 0.1) is 5.69 Å². The molecule has 76 valence electrons. The maximum Gasteiger partial charge on any atom is 0.109 e.